The van der Waals surface area contributed by atoms with Crippen LogP contribution in [0.1, 0.15) is 0 Å². The van der Waals surface area contributed by atoms with Crippen LogP contribution in [-0.4, -0.2) is 24.1 Å². The van der Waals surface area contributed by atoms with Gasteiger partial charge in [-0.25, -0.2) is 15.0 Å². The zero-order valence-electron chi connectivity index (χ0n) is 33.6. The highest BCUT2D eigenvalue weighted by molar-refractivity contribution is 6.13. The average Bonchev–Trinajstić information content (AvgIpc) is 3.87. The SMILES string of the molecule is c1ccc(-c2nc(-c3ccccc3)nc(-c3ccc(-n4c5ccccc5c5cc(-c6ccc7c(c6)c6ccccc6n7-c6ccccc6-c6ccccc6)ccc54)cc3)n2)cc1. The van der Waals surface area contributed by atoms with Crippen LogP contribution in [0.3, 0.4) is 0 Å². The maximum atomic E-state index is 4.97. The average molecular weight is 792 g/mol. The largest absolute Gasteiger partial charge is 0.309 e. The Morgan fingerprint density at radius 1 is 0.258 bits per heavy atom. The normalized spacial score (nSPS) is 11.5. The molecule has 0 aliphatic heterocycles. The van der Waals surface area contributed by atoms with Crippen LogP contribution in [0.2, 0.25) is 0 Å². The van der Waals surface area contributed by atoms with Gasteiger partial charge >= 0.3 is 0 Å². The second-order valence-electron chi connectivity index (χ2n) is 15.6. The Hall–Kier alpha value is -8.41. The first kappa shape index (κ1) is 35.5. The van der Waals surface area contributed by atoms with Crippen molar-refractivity contribution in [1.29, 1.82) is 0 Å². The lowest BCUT2D eigenvalue weighted by molar-refractivity contribution is 1.07. The predicted octanol–water partition coefficient (Wildman–Crippen LogP) is 14.4. The molecule has 0 fully saturated rings. The molecule has 0 saturated carbocycles. The van der Waals surface area contributed by atoms with Gasteiger partial charge in [0.05, 0.1) is 27.8 Å². The lowest BCUT2D eigenvalue weighted by atomic mass is 10.0. The molecule has 290 valence electrons. The van der Waals surface area contributed by atoms with Gasteiger partial charge in [0, 0.05) is 49.5 Å². The van der Waals surface area contributed by atoms with Gasteiger partial charge in [-0.1, -0.05) is 158 Å². The molecule has 3 heterocycles. The molecule has 0 atom stereocenters. The molecule has 0 aliphatic carbocycles. The van der Waals surface area contributed by atoms with E-state index in [0.29, 0.717) is 17.5 Å². The van der Waals surface area contributed by atoms with Gasteiger partial charge in [0.25, 0.3) is 0 Å². The van der Waals surface area contributed by atoms with Crippen molar-refractivity contribution in [3.8, 4) is 67.8 Å². The molecule has 0 saturated heterocycles. The van der Waals surface area contributed by atoms with E-state index in [1.54, 1.807) is 0 Å². The van der Waals surface area contributed by atoms with Gasteiger partial charge < -0.3 is 9.13 Å². The smallest absolute Gasteiger partial charge is 0.164 e. The molecule has 0 N–H and O–H groups in total. The van der Waals surface area contributed by atoms with Gasteiger partial charge in [0.2, 0.25) is 0 Å². The molecular formula is C57H37N5. The Bertz CT molecular complexity index is 3550. The third kappa shape index (κ3) is 5.98. The van der Waals surface area contributed by atoms with E-state index in [1.165, 1.54) is 60.5 Å². The second-order valence-corrected chi connectivity index (χ2v) is 15.6. The molecule has 5 nitrogen and oxygen atoms in total. The Morgan fingerprint density at radius 3 is 1.19 bits per heavy atom. The zero-order chi connectivity index (χ0) is 41.0. The fraction of sp³-hybridized carbons (Fsp3) is 0. The van der Waals surface area contributed by atoms with Gasteiger partial charge in [-0.05, 0) is 83.4 Å². The third-order valence-corrected chi connectivity index (χ3v) is 12.0. The molecule has 62 heavy (non-hydrogen) atoms. The van der Waals surface area contributed by atoms with E-state index >= 15 is 0 Å². The first-order chi connectivity index (χ1) is 30.7. The van der Waals surface area contributed by atoms with Crippen LogP contribution in [0.15, 0.2) is 224 Å². The fourth-order valence-corrected chi connectivity index (χ4v) is 9.07. The number of nitrogens with zero attached hydrogens (tertiary/aromatic N) is 5. The van der Waals surface area contributed by atoms with Crippen LogP contribution in [0.5, 0.6) is 0 Å². The first-order valence-electron chi connectivity index (χ1n) is 20.9. The van der Waals surface area contributed by atoms with Crippen LogP contribution in [0.25, 0.3) is 111 Å². The maximum absolute atomic E-state index is 4.97. The summed E-state index contributed by atoms with van der Waals surface area (Å²) in [5, 5.41) is 4.88. The van der Waals surface area contributed by atoms with E-state index in [1.807, 2.05) is 60.7 Å². The molecule has 5 heteroatoms. The monoisotopic (exact) mass is 791 g/mol. The summed E-state index contributed by atoms with van der Waals surface area (Å²) in [5.74, 6) is 1.93. The minimum absolute atomic E-state index is 0.636. The van der Waals surface area contributed by atoms with Crippen LogP contribution >= 0.6 is 0 Å². The van der Waals surface area contributed by atoms with E-state index in [0.717, 1.165) is 33.4 Å². The lowest BCUT2D eigenvalue weighted by Crippen LogP contribution is -2.00. The van der Waals surface area contributed by atoms with Gasteiger partial charge in [0.1, 0.15) is 0 Å². The summed E-state index contributed by atoms with van der Waals surface area (Å²) in [6, 6.07) is 79.4. The highest BCUT2D eigenvalue weighted by atomic mass is 15.0. The van der Waals surface area contributed by atoms with E-state index in [2.05, 4.69) is 173 Å². The van der Waals surface area contributed by atoms with Gasteiger partial charge in [-0.15, -0.1) is 0 Å². The Labute approximate surface area is 358 Å². The second kappa shape index (κ2) is 14.7. The van der Waals surface area contributed by atoms with E-state index in [9.17, 15) is 0 Å². The molecule has 0 amide bonds. The number of rotatable bonds is 7. The third-order valence-electron chi connectivity index (χ3n) is 12.0. The molecule has 9 aromatic carbocycles. The van der Waals surface area contributed by atoms with Crippen molar-refractivity contribution in [2.45, 2.75) is 0 Å². The first-order valence-corrected chi connectivity index (χ1v) is 20.9. The highest BCUT2D eigenvalue weighted by Gasteiger charge is 2.18. The van der Waals surface area contributed by atoms with E-state index in [4.69, 9.17) is 15.0 Å². The standard InChI is InChI=1S/C57H37N5/c1-4-16-38(17-5-1)45-22-10-13-25-50(45)62-52-27-15-12-24-47(52)49-37-43(31-35-54(49)62)42-30-34-53-48(36-42)46-23-11-14-26-51(46)61(53)44-32-28-41(29-33-44)57-59-55(39-18-6-2-7-19-39)58-56(60-57)40-20-8-3-9-21-40/h1-37H. The summed E-state index contributed by atoms with van der Waals surface area (Å²) in [4.78, 5) is 14.8. The zero-order valence-corrected chi connectivity index (χ0v) is 33.6. The quantitative estimate of drug-likeness (QED) is 0.162. The molecule has 0 aliphatic rings. The van der Waals surface area contributed by atoms with Crippen molar-refractivity contribution in [3.63, 3.8) is 0 Å². The highest BCUT2D eigenvalue weighted by Crippen LogP contribution is 2.40. The van der Waals surface area contributed by atoms with Gasteiger partial charge in [0.15, 0.2) is 17.5 Å². The van der Waals surface area contributed by atoms with Crippen LogP contribution < -0.4 is 0 Å². The lowest BCUT2D eigenvalue weighted by Gasteiger charge is -2.14. The summed E-state index contributed by atoms with van der Waals surface area (Å²) in [7, 11) is 0. The number of aromatic nitrogens is 5. The van der Waals surface area contributed by atoms with Gasteiger partial charge in [-0.2, -0.15) is 0 Å². The van der Waals surface area contributed by atoms with Crippen LogP contribution in [-0.2, 0) is 0 Å². The van der Waals surface area contributed by atoms with Crippen molar-refractivity contribution in [2.24, 2.45) is 0 Å². The molecule has 0 unspecified atom stereocenters. The Kier molecular flexibility index (Phi) is 8.42. The summed E-state index contributed by atoms with van der Waals surface area (Å²) in [6.45, 7) is 0. The van der Waals surface area contributed by atoms with Crippen LogP contribution in [0.4, 0.5) is 0 Å². The number of fused-ring (bicyclic) bond motifs is 6. The summed E-state index contributed by atoms with van der Waals surface area (Å²) < 4.78 is 4.78. The van der Waals surface area contributed by atoms with Crippen molar-refractivity contribution >= 4 is 43.6 Å². The summed E-state index contributed by atoms with van der Waals surface area (Å²) in [5.41, 5.74) is 14.5. The number of benzene rings is 9. The van der Waals surface area contributed by atoms with Crippen LogP contribution in [0, 0.1) is 0 Å². The topological polar surface area (TPSA) is 48.5 Å². The van der Waals surface area contributed by atoms with Gasteiger partial charge in [-0.3, -0.25) is 0 Å². The van der Waals surface area contributed by atoms with Crippen molar-refractivity contribution in [3.05, 3.63) is 224 Å². The molecule has 0 bridgehead atoms. The molecule has 0 spiro atoms. The summed E-state index contributed by atoms with van der Waals surface area (Å²) >= 11 is 0. The number of para-hydroxylation sites is 3. The Morgan fingerprint density at radius 2 is 0.645 bits per heavy atom. The van der Waals surface area contributed by atoms with Crippen molar-refractivity contribution in [2.75, 3.05) is 0 Å². The fourth-order valence-electron chi connectivity index (χ4n) is 9.07. The molecule has 12 aromatic rings. The Balaban J connectivity index is 0.951. The van der Waals surface area contributed by atoms with Crippen molar-refractivity contribution in [1.82, 2.24) is 24.1 Å². The van der Waals surface area contributed by atoms with E-state index in [-0.39, 0.29) is 0 Å². The molecule has 12 rings (SSSR count). The number of hydrogen-bond donors (Lipinski definition) is 0. The minimum Gasteiger partial charge on any atom is -0.309 e. The molecular weight excluding hydrogens is 755 g/mol. The maximum Gasteiger partial charge on any atom is 0.164 e. The summed E-state index contributed by atoms with van der Waals surface area (Å²) in [6.07, 6.45) is 0. The number of hydrogen-bond acceptors (Lipinski definition) is 3. The molecule has 3 aromatic heterocycles. The minimum atomic E-state index is 0.636. The van der Waals surface area contributed by atoms with E-state index < -0.39 is 0 Å². The van der Waals surface area contributed by atoms with Crippen molar-refractivity contribution < 1.29 is 0 Å². The molecule has 0 radical (unpaired) electrons. The predicted molar refractivity (Wildman–Crippen MR) is 256 cm³/mol.